The van der Waals surface area contributed by atoms with E-state index < -0.39 is 0 Å². The fraction of sp³-hybridized carbons (Fsp3) is 0.333. The topological polar surface area (TPSA) is 115 Å². The Balaban J connectivity index is 1.83. The van der Waals surface area contributed by atoms with Crippen molar-refractivity contribution in [1.82, 2.24) is 30.3 Å². The number of carbonyl (C=O) groups is 1. The number of aryl methyl sites for hydroxylation is 1. The van der Waals surface area contributed by atoms with Gasteiger partial charge in [0.05, 0.1) is 6.20 Å². The van der Waals surface area contributed by atoms with Crippen LogP contribution in [0.3, 0.4) is 0 Å². The normalized spacial score (nSPS) is 10.4. The Labute approximate surface area is 97.2 Å². The molecule has 90 valence electrons. The summed E-state index contributed by atoms with van der Waals surface area (Å²) in [4.78, 5) is 15.7. The molecule has 0 spiro atoms. The second kappa shape index (κ2) is 4.64. The number of aromatic amines is 1. The summed E-state index contributed by atoms with van der Waals surface area (Å²) in [5.41, 5.74) is 5.87. The Morgan fingerprint density at radius 3 is 3.06 bits per heavy atom. The van der Waals surface area contributed by atoms with Gasteiger partial charge in [0.2, 0.25) is 0 Å². The van der Waals surface area contributed by atoms with E-state index in [9.17, 15) is 4.79 Å². The van der Waals surface area contributed by atoms with Crippen molar-refractivity contribution in [2.75, 3.05) is 12.3 Å². The summed E-state index contributed by atoms with van der Waals surface area (Å²) in [6.07, 6.45) is 3.58. The third kappa shape index (κ3) is 2.60. The molecule has 2 rings (SSSR count). The van der Waals surface area contributed by atoms with Gasteiger partial charge in [-0.1, -0.05) is 0 Å². The highest BCUT2D eigenvalue weighted by Gasteiger charge is 2.10. The number of amides is 1. The van der Waals surface area contributed by atoms with E-state index in [0.717, 1.165) is 0 Å². The Morgan fingerprint density at radius 1 is 1.65 bits per heavy atom. The van der Waals surface area contributed by atoms with E-state index >= 15 is 0 Å². The summed E-state index contributed by atoms with van der Waals surface area (Å²) in [6.45, 7) is 0.452. The smallest absolute Gasteiger partial charge is 0.256 e. The first kappa shape index (κ1) is 11.1. The summed E-state index contributed by atoms with van der Waals surface area (Å²) in [7, 11) is 1.79. The van der Waals surface area contributed by atoms with Crippen molar-refractivity contribution in [1.29, 1.82) is 0 Å². The van der Waals surface area contributed by atoms with E-state index in [4.69, 9.17) is 5.73 Å². The van der Waals surface area contributed by atoms with E-state index in [1.54, 1.807) is 18.1 Å². The number of hydrogen-bond acceptors (Lipinski definition) is 5. The van der Waals surface area contributed by atoms with Gasteiger partial charge in [0.15, 0.2) is 5.82 Å². The van der Waals surface area contributed by atoms with Crippen LogP contribution in [0.15, 0.2) is 12.5 Å². The minimum Gasteiger partial charge on any atom is -0.383 e. The van der Waals surface area contributed by atoms with Crippen molar-refractivity contribution in [3.63, 3.8) is 0 Å². The van der Waals surface area contributed by atoms with Gasteiger partial charge in [0.25, 0.3) is 5.91 Å². The maximum atomic E-state index is 11.6. The van der Waals surface area contributed by atoms with Gasteiger partial charge in [0.1, 0.15) is 17.7 Å². The lowest BCUT2D eigenvalue weighted by molar-refractivity contribution is 0.0955. The highest BCUT2D eigenvalue weighted by molar-refractivity contribution is 5.98. The molecule has 0 aromatic carbocycles. The predicted octanol–water partition coefficient (Wildman–Crippen LogP) is -0.907. The fourth-order valence-electron chi connectivity index (χ4n) is 1.36. The van der Waals surface area contributed by atoms with Gasteiger partial charge in [-0.15, -0.1) is 0 Å². The second-order valence-electron chi connectivity index (χ2n) is 3.54. The molecule has 2 aromatic heterocycles. The molecule has 0 aliphatic rings. The molecule has 0 radical (unpaired) electrons. The van der Waals surface area contributed by atoms with Crippen molar-refractivity contribution in [3.8, 4) is 0 Å². The largest absolute Gasteiger partial charge is 0.383 e. The summed E-state index contributed by atoms with van der Waals surface area (Å²) in [5, 5.41) is 13.0. The molecule has 8 nitrogen and oxygen atoms in total. The van der Waals surface area contributed by atoms with Crippen LogP contribution in [0.2, 0.25) is 0 Å². The Morgan fingerprint density at radius 2 is 2.47 bits per heavy atom. The SMILES string of the molecule is Cn1cnc(CCNC(=O)c2cn[nH]c2N)n1. The molecule has 1 amide bonds. The van der Waals surface area contributed by atoms with E-state index in [1.807, 2.05) is 0 Å². The van der Waals surface area contributed by atoms with E-state index in [0.29, 0.717) is 24.4 Å². The van der Waals surface area contributed by atoms with Crippen molar-refractivity contribution in [2.24, 2.45) is 7.05 Å². The average molecular weight is 235 g/mol. The number of hydrogen-bond donors (Lipinski definition) is 3. The average Bonchev–Trinajstić information content (AvgIpc) is 2.87. The molecule has 0 aliphatic heterocycles. The van der Waals surface area contributed by atoms with Crippen molar-refractivity contribution in [2.45, 2.75) is 6.42 Å². The molecule has 0 saturated carbocycles. The van der Waals surface area contributed by atoms with Gasteiger partial charge in [-0.2, -0.15) is 10.2 Å². The van der Waals surface area contributed by atoms with Crippen molar-refractivity contribution in [3.05, 3.63) is 23.9 Å². The highest BCUT2D eigenvalue weighted by atomic mass is 16.1. The monoisotopic (exact) mass is 235 g/mol. The Bertz CT molecular complexity index is 515. The van der Waals surface area contributed by atoms with Gasteiger partial charge >= 0.3 is 0 Å². The van der Waals surface area contributed by atoms with Gasteiger partial charge < -0.3 is 11.1 Å². The number of nitrogen functional groups attached to an aromatic ring is 1. The van der Waals surface area contributed by atoms with Crippen LogP contribution in [-0.2, 0) is 13.5 Å². The zero-order chi connectivity index (χ0) is 12.3. The number of anilines is 1. The quantitative estimate of drug-likeness (QED) is 0.635. The number of aromatic nitrogens is 5. The van der Waals surface area contributed by atoms with Crippen LogP contribution in [0.5, 0.6) is 0 Å². The molecular formula is C9H13N7O. The predicted molar refractivity (Wildman–Crippen MR) is 60.0 cm³/mol. The van der Waals surface area contributed by atoms with E-state index in [2.05, 4.69) is 25.6 Å². The fourth-order valence-corrected chi connectivity index (χ4v) is 1.36. The van der Waals surface area contributed by atoms with Crippen LogP contribution < -0.4 is 11.1 Å². The van der Waals surface area contributed by atoms with Crippen LogP contribution in [0.4, 0.5) is 5.82 Å². The highest BCUT2D eigenvalue weighted by Crippen LogP contribution is 2.04. The molecule has 0 unspecified atom stereocenters. The van der Waals surface area contributed by atoms with Gasteiger partial charge in [-0.05, 0) is 0 Å². The lowest BCUT2D eigenvalue weighted by atomic mass is 10.3. The van der Waals surface area contributed by atoms with Crippen molar-refractivity contribution < 1.29 is 4.79 Å². The number of carbonyl (C=O) groups excluding carboxylic acids is 1. The summed E-state index contributed by atoms with van der Waals surface area (Å²) >= 11 is 0. The second-order valence-corrected chi connectivity index (χ2v) is 3.54. The van der Waals surface area contributed by atoms with Gasteiger partial charge in [-0.3, -0.25) is 14.6 Å². The number of rotatable bonds is 4. The molecule has 0 saturated heterocycles. The molecule has 2 heterocycles. The minimum absolute atomic E-state index is 0.257. The summed E-state index contributed by atoms with van der Waals surface area (Å²) in [5.74, 6) is 0.693. The Kier molecular flexibility index (Phi) is 3.03. The summed E-state index contributed by atoms with van der Waals surface area (Å²) in [6, 6.07) is 0. The van der Waals surface area contributed by atoms with E-state index in [-0.39, 0.29) is 11.7 Å². The van der Waals surface area contributed by atoms with Crippen LogP contribution in [0, 0.1) is 0 Å². The number of nitrogens with one attached hydrogen (secondary N) is 2. The minimum atomic E-state index is -0.257. The standard InChI is InChI=1S/C9H13N7O/c1-16-5-12-7(15-16)2-3-11-9(17)6-4-13-14-8(6)10/h4-5H,2-3H2,1H3,(H,11,17)(H3,10,13,14). The number of nitrogens with two attached hydrogens (primary N) is 1. The molecule has 0 bridgehead atoms. The number of H-pyrrole nitrogens is 1. The molecule has 4 N–H and O–H groups in total. The lowest BCUT2D eigenvalue weighted by Crippen LogP contribution is -2.26. The molecule has 0 atom stereocenters. The van der Waals surface area contributed by atoms with Crippen molar-refractivity contribution >= 4 is 11.7 Å². The van der Waals surface area contributed by atoms with Gasteiger partial charge in [-0.25, -0.2) is 4.98 Å². The van der Waals surface area contributed by atoms with Crippen LogP contribution in [0.25, 0.3) is 0 Å². The molecule has 0 aliphatic carbocycles. The maximum absolute atomic E-state index is 11.6. The lowest BCUT2D eigenvalue weighted by Gasteiger charge is -2.01. The molecular weight excluding hydrogens is 222 g/mol. The first-order valence-corrected chi connectivity index (χ1v) is 5.08. The zero-order valence-electron chi connectivity index (χ0n) is 9.34. The molecule has 2 aromatic rings. The van der Waals surface area contributed by atoms with Crippen LogP contribution >= 0.6 is 0 Å². The molecule has 0 fully saturated rings. The van der Waals surface area contributed by atoms with Gasteiger partial charge in [0, 0.05) is 20.0 Å². The van der Waals surface area contributed by atoms with E-state index in [1.165, 1.54) is 6.20 Å². The Hall–Kier alpha value is -2.38. The molecule has 8 heteroatoms. The van der Waals surface area contributed by atoms with Crippen LogP contribution in [-0.4, -0.2) is 37.4 Å². The van der Waals surface area contributed by atoms with Crippen LogP contribution in [0.1, 0.15) is 16.2 Å². The number of nitrogens with zero attached hydrogens (tertiary/aromatic N) is 4. The first-order chi connectivity index (χ1) is 8.16. The summed E-state index contributed by atoms with van der Waals surface area (Å²) < 4.78 is 1.62. The third-order valence-corrected chi connectivity index (χ3v) is 2.19. The molecule has 17 heavy (non-hydrogen) atoms. The first-order valence-electron chi connectivity index (χ1n) is 5.08. The maximum Gasteiger partial charge on any atom is 0.256 e. The zero-order valence-corrected chi connectivity index (χ0v) is 9.34. The third-order valence-electron chi connectivity index (χ3n) is 2.19.